The normalized spacial score (nSPS) is 45.8. The van der Waals surface area contributed by atoms with Crippen LogP contribution in [0.15, 0.2) is 0 Å². The van der Waals surface area contributed by atoms with Gasteiger partial charge in [-0.05, 0) is 0 Å². The highest BCUT2D eigenvalue weighted by Gasteiger charge is 2.35. The first-order valence-electron chi connectivity index (χ1n) is 3.55. The van der Waals surface area contributed by atoms with Crippen molar-refractivity contribution in [1.82, 2.24) is 5.32 Å². The van der Waals surface area contributed by atoms with Crippen molar-refractivity contribution in [2.24, 2.45) is 0 Å². The molecule has 0 spiro atoms. The van der Waals surface area contributed by atoms with E-state index in [1.165, 1.54) is 0 Å². The van der Waals surface area contributed by atoms with Gasteiger partial charge in [0.25, 0.3) is 0 Å². The second kappa shape index (κ2) is 3.46. The zero-order valence-electron chi connectivity index (χ0n) is 6.01. The molecule has 0 aromatic heterocycles. The summed E-state index contributed by atoms with van der Waals surface area (Å²) < 4.78 is 0. The Kier molecular flexibility index (Phi) is 2.80. The number of hydrogen-bond donors (Lipinski definition) is 5. The molecule has 0 aromatic carbocycles. The first-order valence-corrected chi connectivity index (χ1v) is 3.55. The summed E-state index contributed by atoms with van der Waals surface area (Å²) in [4.78, 5) is 0. The van der Waals surface area contributed by atoms with Crippen LogP contribution in [0.1, 0.15) is 0 Å². The van der Waals surface area contributed by atoms with E-state index in [4.69, 9.17) is 15.3 Å². The van der Waals surface area contributed by atoms with Gasteiger partial charge in [-0.25, -0.2) is 0 Å². The maximum absolute atomic E-state index is 9.18. The fourth-order valence-electron chi connectivity index (χ4n) is 1.15. The van der Waals surface area contributed by atoms with Crippen molar-refractivity contribution >= 4 is 0 Å². The van der Waals surface area contributed by atoms with Crippen LogP contribution < -0.4 is 5.32 Å². The Labute approximate surface area is 64.3 Å². The lowest BCUT2D eigenvalue weighted by molar-refractivity contribution is -0.101. The van der Waals surface area contributed by atoms with Gasteiger partial charge in [-0.1, -0.05) is 0 Å². The van der Waals surface area contributed by atoms with Gasteiger partial charge in [0.2, 0.25) is 0 Å². The average Bonchev–Trinajstić information content (AvgIpc) is 2.01. The van der Waals surface area contributed by atoms with E-state index < -0.39 is 24.4 Å². The molecular formula is C6H13NO4. The molecule has 66 valence electrons. The number of aliphatic hydroxyl groups excluding tert-OH is 4. The monoisotopic (exact) mass is 163 g/mol. The predicted molar refractivity (Wildman–Crippen MR) is 36.9 cm³/mol. The summed E-state index contributed by atoms with van der Waals surface area (Å²) >= 11 is 0. The Hall–Kier alpha value is -0.200. The smallest absolute Gasteiger partial charge is 0.109 e. The Morgan fingerprint density at radius 1 is 1.18 bits per heavy atom. The van der Waals surface area contributed by atoms with Gasteiger partial charge in [-0.3, -0.25) is 0 Å². The zero-order chi connectivity index (χ0) is 8.43. The number of aliphatic hydroxyl groups is 4. The van der Waals surface area contributed by atoms with Crippen molar-refractivity contribution in [3.8, 4) is 0 Å². The molecule has 1 fully saturated rings. The van der Waals surface area contributed by atoms with Crippen molar-refractivity contribution < 1.29 is 20.4 Å². The second-order valence-electron chi connectivity index (χ2n) is 2.75. The lowest BCUT2D eigenvalue weighted by atomic mass is 9.97. The maximum Gasteiger partial charge on any atom is 0.109 e. The topological polar surface area (TPSA) is 93.0 Å². The molecule has 5 N–H and O–H groups in total. The lowest BCUT2D eigenvalue weighted by Crippen LogP contribution is -2.60. The van der Waals surface area contributed by atoms with Gasteiger partial charge in [0.15, 0.2) is 0 Å². The van der Waals surface area contributed by atoms with Gasteiger partial charge in [0, 0.05) is 6.54 Å². The molecule has 5 heteroatoms. The molecule has 1 rings (SSSR count). The predicted octanol–water partition coefficient (Wildman–Crippen LogP) is -2.97. The Morgan fingerprint density at radius 3 is 2.36 bits per heavy atom. The molecule has 1 heterocycles. The largest absolute Gasteiger partial charge is 0.395 e. The van der Waals surface area contributed by atoms with Gasteiger partial charge < -0.3 is 25.7 Å². The fourth-order valence-corrected chi connectivity index (χ4v) is 1.15. The first kappa shape index (κ1) is 8.89. The molecule has 11 heavy (non-hydrogen) atoms. The lowest BCUT2D eigenvalue weighted by Gasteiger charge is -2.34. The molecule has 4 atom stereocenters. The van der Waals surface area contributed by atoms with E-state index in [0.717, 1.165) is 0 Å². The summed E-state index contributed by atoms with van der Waals surface area (Å²) in [5.41, 5.74) is 0. The van der Waals surface area contributed by atoms with Crippen molar-refractivity contribution in [2.75, 3.05) is 13.2 Å². The van der Waals surface area contributed by atoms with E-state index in [1.54, 1.807) is 0 Å². The number of piperidine rings is 1. The highest BCUT2D eigenvalue weighted by molar-refractivity contribution is 4.91. The van der Waals surface area contributed by atoms with Crippen LogP contribution in [0, 0.1) is 0 Å². The van der Waals surface area contributed by atoms with Crippen LogP contribution in [0.3, 0.4) is 0 Å². The first-order chi connectivity index (χ1) is 5.16. The SMILES string of the molecule is OCC1NC[C@H](O)[C@H](O)[C@H]1O. The van der Waals surface area contributed by atoms with Crippen molar-refractivity contribution in [3.63, 3.8) is 0 Å². The van der Waals surface area contributed by atoms with Gasteiger partial charge in [-0.15, -0.1) is 0 Å². The molecule has 0 aliphatic carbocycles. The van der Waals surface area contributed by atoms with E-state index in [1.807, 2.05) is 0 Å². The Balaban J connectivity index is 2.52. The Morgan fingerprint density at radius 2 is 1.82 bits per heavy atom. The minimum Gasteiger partial charge on any atom is -0.395 e. The van der Waals surface area contributed by atoms with Crippen LogP contribution >= 0.6 is 0 Å². The average molecular weight is 163 g/mol. The van der Waals surface area contributed by atoms with Crippen LogP contribution in [-0.4, -0.2) is 57.9 Å². The summed E-state index contributed by atoms with van der Waals surface area (Å²) in [5.74, 6) is 0. The molecule has 0 saturated carbocycles. The summed E-state index contributed by atoms with van der Waals surface area (Å²) in [5, 5.41) is 38.6. The van der Waals surface area contributed by atoms with E-state index in [9.17, 15) is 5.11 Å². The summed E-state index contributed by atoms with van der Waals surface area (Å²) in [6, 6.07) is -0.534. The van der Waals surface area contributed by atoms with Crippen LogP contribution in [0.4, 0.5) is 0 Å². The van der Waals surface area contributed by atoms with Gasteiger partial charge in [0.1, 0.15) is 6.10 Å². The third-order valence-electron chi connectivity index (χ3n) is 1.94. The third kappa shape index (κ3) is 1.69. The second-order valence-corrected chi connectivity index (χ2v) is 2.75. The summed E-state index contributed by atoms with van der Waals surface area (Å²) in [7, 11) is 0. The third-order valence-corrected chi connectivity index (χ3v) is 1.94. The van der Waals surface area contributed by atoms with E-state index in [0.29, 0.717) is 0 Å². The standard InChI is InChI=1S/C6H13NO4/c8-2-3-5(10)6(11)4(9)1-7-3/h3-11H,1-2H2/t3?,4-,5-,6-/m0/s1. The number of hydrogen-bond acceptors (Lipinski definition) is 5. The highest BCUT2D eigenvalue weighted by Crippen LogP contribution is 2.09. The molecule has 5 nitrogen and oxygen atoms in total. The maximum atomic E-state index is 9.18. The van der Waals surface area contributed by atoms with Gasteiger partial charge >= 0.3 is 0 Å². The molecular weight excluding hydrogens is 150 g/mol. The summed E-state index contributed by atoms with van der Waals surface area (Å²) in [6.07, 6.45) is -3.20. The molecule has 0 bridgehead atoms. The Bertz CT molecular complexity index is 130. The van der Waals surface area contributed by atoms with E-state index in [-0.39, 0.29) is 13.2 Å². The fraction of sp³-hybridized carbons (Fsp3) is 1.00. The van der Waals surface area contributed by atoms with Crippen LogP contribution in [-0.2, 0) is 0 Å². The van der Waals surface area contributed by atoms with Gasteiger partial charge in [-0.2, -0.15) is 0 Å². The van der Waals surface area contributed by atoms with Crippen LogP contribution in [0.25, 0.3) is 0 Å². The van der Waals surface area contributed by atoms with E-state index >= 15 is 0 Å². The molecule has 1 unspecified atom stereocenters. The van der Waals surface area contributed by atoms with Crippen LogP contribution in [0.5, 0.6) is 0 Å². The minimum atomic E-state index is -1.16. The van der Waals surface area contributed by atoms with E-state index in [2.05, 4.69) is 5.32 Å². The van der Waals surface area contributed by atoms with Crippen molar-refractivity contribution in [1.29, 1.82) is 0 Å². The molecule has 0 aromatic rings. The number of nitrogens with one attached hydrogen (secondary N) is 1. The van der Waals surface area contributed by atoms with Crippen molar-refractivity contribution in [3.05, 3.63) is 0 Å². The molecule has 1 aliphatic heterocycles. The number of rotatable bonds is 1. The zero-order valence-corrected chi connectivity index (χ0v) is 6.01. The quantitative estimate of drug-likeness (QED) is 0.285. The molecule has 0 amide bonds. The number of β-amino-alcohol motifs (C(OH)–C–C–N with tert-alkyl or cyclic N) is 1. The van der Waals surface area contributed by atoms with Crippen molar-refractivity contribution in [2.45, 2.75) is 24.4 Å². The molecule has 0 radical (unpaired) electrons. The highest BCUT2D eigenvalue weighted by atomic mass is 16.4. The molecule has 1 saturated heterocycles. The minimum absolute atomic E-state index is 0.198. The van der Waals surface area contributed by atoms with Crippen LogP contribution in [0.2, 0.25) is 0 Å². The van der Waals surface area contributed by atoms with Gasteiger partial charge in [0.05, 0.1) is 24.9 Å². The summed E-state index contributed by atoms with van der Waals surface area (Å²) in [6.45, 7) is -0.0472. The molecule has 1 aliphatic rings.